The minimum atomic E-state index is -0.452. The number of rotatable bonds is 6. The number of nitrogens with zero attached hydrogens (tertiary/aromatic N) is 3. The Labute approximate surface area is 239 Å². The lowest BCUT2D eigenvalue weighted by atomic mass is 10.0. The Bertz CT molecular complexity index is 1550. The largest absolute Gasteiger partial charge is 0.507 e. The molecule has 0 radical (unpaired) electrons. The molecule has 1 saturated carbocycles. The summed E-state index contributed by atoms with van der Waals surface area (Å²) in [7, 11) is 0. The summed E-state index contributed by atoms with van der Waals surface area (Å²) in [6.45, 7) is 0.246. The van der Waals surface area contributed by atoms with Crippen molar-refractivity contribution >= 4 is 52.4 Å². The van der Waals surface area contributed by atoms with E-state index in [0.29, 0.717) is 27.0 Å². The third kappa shape index (κ3) is 6.03. The number of nitrogens with one attached hydrogen (secondary N) is 2. The molecule has 0 unspecified atom stereocenters. The number of aromatic hydroxyl groups is 1. The van der Waals surface area contributed by atoms with Gasteiger partial charge in [-0.2, -0.15) is 9.78 Å². The van der Waals surface area contributed by atoms with Crippen LogP contribution in [-0.4, -0.2) is 31.8 Å². The topological polar surface area (TPSA) is 109 Å². The van der Waals surface area contributed by atoms with Crippen molar-refractivity contribution in [3.05, 3.63) is 92.8 Å². The number of carbonyl (C=O) groups is 2. The van der Waals surface area contributed by atoms with E-state index in [1.54, 1.807) is 42.5 Å². The Hall–Kier alpha value is -3.59. The standard InChI is InChI=1S/C28H24Cl3N5O3/c29-21-10-7-16(12-22(21)30)15-33-28(39)36-24(17-4-1-2-5-17)14-23(35-36)19-9-8-18(13-25(19)37)34-27(38)20-6-3-11-32-26(20)31/h3,6-14,17,37H,1-2,4-5,15H2,(H,33,39)(H,34,38). The summed E-state index contributed by atoms with van der Waals surface area (Å²) in [5.41, 5.74) is 3.06. The Morgan fingerprint density at radius 1 is 1.00 bits per heavy atom. The van der Waals surface area contributed by atoms with Gasteiger partial charge in [-0.15, -0.1) is 0 Å². The van der Waals surface area contributed by atoms with Crippen molar-refractivity contribution in [1.82, 2.24) is 20.1 Å². The smallest absolute Gasteiger partial charge is 0.342 e. The lowest BCUT2D eigenvalue weighted by Crippen LogP contribution is -2.30. The van der Waals surface area contributed by atoms with Crippen LogP contribution in [0.2, 0.25) is 15.2 Å². The summed E-state index contributed by atoms with van der Waals surface area (Å²) in [4.78, 5) is 29.7. The maximum atomic E-state index is 13.2. The van der Waals surface area contributed by atoms with Gasteiger partial charge >= 0.3 is 6.03 Å². The molecular weight excluding hydrogens is 561 g/mol. The fraction of sp³-hybridized carbons (Fsp3) is 0.214. The number of anilines is 1. The molecule has 1 aliphatic rings. The summed E-state index contributed by atoms with van der Waals surface area (Å²) >= 11 is 18.1. The summed E-state index contributed by atoms with van der Waals surface area (Å²) < 4.78 is 1.38. The Morgan fingerprint density at radius 3 is 2.51 bits per heavy atom. The number of phenols is 1. The van der Waals surface area contributed by atoms with Gasteiger partial charge in [0.15, 0.2) is 0 Å². The van der Waals surface area contributed by atoms with Gasteiger partial charge in [-0.25, -0.2) is 9.78 Å². The highest BCUT2D eigenvalue weighted by Crippen LogP contribution is 2.38. The number of pyridine rings is 1. The molecule has 2 heterocycles. The molecule has 1 fully saturated rings. The molecule has 1 aliphatic carbocycles. The number of hydrogen-bond acceptors (Lipinski definition) is 5. The molecule has 11 heteroatoms. The van der Waals surface area contributed by atoms with Crippen molar-refractivity contribution in [3.63, 3.8) is 0 Å². The van der Waals surface area contributed by atoms with E-state index >= 15 is 0 Å². The number of phenolic OH excluding ortho intramolecular Hbond substituents is 1. The zero-order chi connectivity index (χ0) is 27.5. The van der Waals surface area contributed by atoms with E-state index in [2.05, 4.69) is 20.7 Å². The van der Waals surface area contributed by atoms with Gasteiger partial charge in [-0.1, -0.05) is 53.7 Å². The van der Waals surface area contributed by atoms with Crippen molar-refractivity contribution < 1.29 is 14.7 Å². The molecule has 2 amide bonds. The van der Waals surface area contributed by atoms with Crippen molar-refractivity contribution in [2.45, 2.75) is 38.1 Å². The lowest BCUT2D eigenvalue weighted by Gasteiger charge is -2.12. The first-order valence-corrected chi connectivity index (χ1v) is 13.5. The zero-order valence-corrected chi connectivity index (χ0v) is 22.9. The molecule has 3 N–H and O–H groups in total. The van der Waals surface area contributed by atoms with Crippen molar-refractivity contribution in [2.24, 2.45) is 0 Å². The van der Waals surface area contributed by atoms with E-state index in [-0.39, 0.29) is 35.0 Å². The lowest BCUT2D eigenvalue weighted by molar-refractivity contribution is 0.102. The molecule has 5 rings (SSSR count). The Kier molecular flexibility index (Phi) is 8.07. The quantitative estimate of drug-likeness (QED) is 0.206. The maximum absolute atomic E-state index is 13.2. The fourth-order valence-corrected chi connectivity index (χ4v) is 5.21. The molecule has 0 spiro atoms. The van der Waals surface area contributed by atoms with Crippen LogP contribution in [0, 0.1) is 0 Å². The number of benzene rings is 2. The normalized spacial score (nSPS) is 13.4. The van der Waals surface area contributed by atoms with Gasteiger partial charge in [0.25, 0.3) is 5.91 Å². The van der Waals surface area contributed by atoms with Crippen LogP contribution in [0.5, 0.6) is 5.75 Å². The van der Waals surface area contributed by atoms with Crippen LogP contribution in [0.25, 0.3) is 11.3 Å². The summed E-state index contributed by atoms with van der Waals surface area (Å²) in [6, 6.07) is 14.5. The number of aromatic nitrogens is 3. The van der Waals surface area contributed by atoms with Crippen LogP contribution in [0.4, 0.5) is 10.5 Å². The maximum Gasteiger partial charge on any atom is 0.342 e. The zero-order valence-electron chi connectivity index (χ0n) is 20.6. The number of amides is 2. The van der Waals surface area contributed by atoms with Gasteiger partial charge in [-0.05, 0) is 60.9 Å². The van der Waals surface area contributed by atoms with E-state index in [4.69, 9.17) is 34.8 Å². The molecule has 0 atom stereocenters. The first-order valence-electron chi connectivity index (χ1n) is 12.4. The number of halogens is 3. The van der Waals surface area contributed by atoms with Crippen LogP contribution in [0.1, 0.15) is 53.2 Å². The fourth-order valence-electron chi connectivity index (χ4n) is 4.68. The van der Waals surface area contributed by atoms with Crippen LogP contribution in [0.3, 0.4) is 0 Å². The SMILES string of the molecule is O=C(Nc1ccc(-c2cc(C3CCCC3)n(C(=O)NCc3ccc(Cl)c(Cl)c3)n2)c(O)c1)c1cccnc1Cl. The summed E-state index contributed by atoms with van der Waals surface area (Å²) in [6.07, 6.45) is 5.57. The first kappa shape index (κ1) is 27.0. The van der Waals surface area contributed by atoms with Crippen LogP contribution in [-0.2, 0) is 6.54 Å². The molecule has 0 aliphatic heterocycles. The third-order valence-corrected chi connectivity index (χ3v) is 7.71. The average Bonchev–Trinajstić information content (AvgIpc) is 3.60. The molecule has 2 aromatic heterocycles. The third-order valence-electron chi connectivity index (χ3n) is 6.67. The minimum Gasteiger partial charge on any atom is -0.507 e. The Balaban J connectivity index is 1.38. The molecule has 8 nitrogen and oxygen atoms in total. The second kappa shape index (κ2) is 11.7. The first-order chi connectivity index (χ1) is 18.8. The molecule has 0 saturated heterocycles. The van der Waals surface area contributed by atoms with E-state index < -0.39 is 5.91 Å². The van der Waals surface area contributed by atoms with Crippen LogP contribution < -0.4 is 10.6 Å². The van der Waals surface area contributed by atoms with E-state index in [1.165, 1.54) is 16.9 Å². The van der Waals surface area contributed by atoms with Crippen LogP contribution in [0.15, 0.2) is 60.8 Å². The second-order valence-corrected chi connectivity index (χ2v) is 10.5. The van der Waals surface area contributed by atoms with Gasteiger partial charge in [0.05, 0.1) is 27.0 Å². The van der Waals surface area contributed by atoms with E-state index in [9.17, 15) is 14.7 Å². The van der Waals surface area contributed by atoms with Gasteiger partial charge in [0.2, 0.25) is 0 Å². The summed E-state index contributed by atoms with van der Waals surface area (Å²) in [5, 5.41) is 21.9. The number of hydrogen-bond donors (Lipinski definition) is 3. The van der Waals surface area contributed by atoms with Crippen molar-refractivity contribution in [2.75, 3.05) is 5.32 Å². The highest BCUT2D eigenvalue weighted by atomic mass is 35.5. The van der Waals surface area contributed by atoms with Crippen molar-refractivity contribution in [1.29, 1.82) is 0 Å². The Morgan fingerprint density at radius 2 is 1.79 bits per heavy atom. The molecular formula is C28H24Cl3N5O3. The van der Waals surface area contributed by atoms with Crippen molar-refractivity contribution in [3.8, 4) is 17.0 Å². The van der Waals surface area contributed by atoms with Gasteiger partial charge < -0.3 is 15.7 Å². The number of carbonyl (C=O) groups excluding carboxylic acids is 2. The molecule has 200 valence electrons. The predicted molar refractivity (Wildman–Crippen MR) is 152 cm³/mol. The molecule has 39 heavy (non-hydrogen) atoms. The highest BCUT2D eigenvalue weighted by molar-refractivity contribution is 6.42. The van der Waals surface area contributed by atoms with E-state index in [1.807, 2.05) is 6.07 Å². The molecule has 0 bridgehead atoms. The van der Waals surface area contributed by atoms with Gasteiger partial charge in [0.1, 0.15) is 10.9 Å². The van der Waals surface area contributed by atoms with Gasteiger partial charge in [-0.3, -0.25) is 4.79 Å². The second-order valence-electron chi connectivity index (χ2n) is 9.28. The predicted octanol–water partition coefficient (Wildman–Crippen LogP) is 7.28. The van der Waals surface area contributed by atoms with Gasteiger partial charge in [0, 0.05) is 36.0 Å². The summed E-state index contributed by atoms with van der Waals surface area (Å²) in [5.74, 6) is -0.359. The monoisotopic (exact) mass is 583 g/mol. The molecule has 2 aromatic carbocycles. The van der Waals surface area contributed by atoms with Crippen LogP contribution >= 0.6 is 34.8 Å². The highest BCUT2D eigenvalue weighted by Gasteiger charge is 2.26. The minimum absolute atomic E-state index is 0.0817. The van der Waals surface area contributed by atoms with E-state index in [0.717, 1.165) is 36.9 Å². The average molecular weight is 585 g/mol. The molecule has 4 aromatic rings.